The summed E-state index contributed by atoms with van der Waals surface area (Å²) in [5.74, 6) is 1.37. The Morgan fingerprint density at radius 1 is 1.83 bits per heavy atom. The summed E-state index contributed by atoms with van der Waals surface area (Å²) < 4.78 is 0. The number of Topliss-reactive ketones (excluding diaryl/α,β-unsaturated/α-hetero) is 1. The van der Waals surface area contributed by atoms with E-state index in [1.54, 1.807) is 5.37 Å². The minimum Gasteiger partial charge on any atom is -0.294 e. The van der Waals surface area contributed by atoms with Crippen molar-refractivity contribution in [3.63, 3.8) is 0 Å². The van der Waals surface area contributed by atoms with Crippen LogP contribution in [0.5, 0.6) is 0 Å². The van der Waals surface area contributed by atoms with Crippen molar-refractivity contribution in [1.29, 1.82) is 0 Å². The summed E-state index contributed by atoms with van der Waals surface area (Å²) in [6.45, 7) is 0. The van der Waals surface area contributed by atoms with Gasteiger partial charge in [-0.15, -0.1) is 0 Å². The molecule has 0 spiro atoms. The molecule has 1 aliphatic heterocycles. The van der Waals surface area contributed by atoms with Crippen LogP contribution in [0.1, 0.15) is 6.42 Å². The average Bonchev–Trinajstić information content (AvgIpc) is 1.86. The van der Waals surface area contributed by atoms with Gasteiger partial charge in [-0.1, -0.05) is 0 Å². The number of hydrogen-bond donors (Lipinski definition) is 1. The van der Waals surface area contributed by atoms with Gasteiger partial charge in [0.25, 0.3) is 0 Å². The molecule has 0 atom stereocenters. The van der Waals surface area contributed by atoms with E-state index >= 15 is 0 Å². The van der Waals surface area contributed by atoms with Crippen LogP contribution in [-0.4, -0.2) is 16.9 Å². The zero-order valence-electron chi connectivity index (χ0n) is 3.35. The first-order valence-electron chi connectivity index (χ1n) is 1.92. The Morgan fingerprint density at radius 3 is 2.83 bits per heavy atom. The quantitative estimate of drug-likeness (QED) is 0.342. The molecule has 0 N–H and O–H groups in total. The molecule has 0 saturated heterocycles. The van der Waals surface area contributed by atoms with Crippen molar-refractivity contribution in [3.8, 4) is 0 Å². The van der Waals surface area contributed by atoms with E-state index in [9.17, 15) is 4.79 Å². The molecule has 1 rings (SSSR count). The Kier molecular flexibility index (Phi) is 1.05. The topological polar surface area (TPSA) is 17.1 Å². The monoisotopic (exact) mass is 102 g/mol. The van der Waals surface area contributed by atoms with Gasteiger partial charge in [0.05, 0.1) is 0 Å². The maximum absolute atomic E-state index is 10.2. The predicted molar refractivity (Wildman–Crippen MR) is 29.5 cm³/mol. The number of hydrogen-bond acceptors (Lipinski definition) is 1. The average molecular weight is 102 g/mol. The molecule has 2 heteroatoms. The van der Waals surface area contributed by atoms with E-state index < -0.39 is 0 Å². The molecule has 0 radical (unpaired) electrons. The standard InChI is InChI=1S/C4H6OS/c5-4-1-2-6-3-4/h3,6H,1-2H2. The lowest BCUT2D eigenvalue weighted by molar-refractivity contribution is -0.111. The molecule has 1 nitrogen and oxygen atoms in total. The maximum atomic E-state index is 10.2. The van der Waals surface area contributed by atoms with Crippen LogP contribution in [0.4, 0.5) is 0 Å². The summed E-state index contributed by atoms with van der Waals surface area (Å²) in [7, 11) is 0. The van der Waals surface area contributed by atoms with E-state index in [4.69, 9.17) is 0 Å². The summed E-state index contributed by atoms with van der Waals surface area (Å²) in [6, 6.07) is 0. The molecule has 1 heterocycles. The second-order valence-electron chi connectivity index (χ2n) is 1.25. The van der Waals surface area contributed by atoms with Gasteiger partial charge in [-0.2, -0.15) is 11.4 Å². The van der Waals surface area contributed by atoms with E-state index in [2.05, 4.69) is 0 Å². The maximum Gasteiger partial charge on any atom is 0.161 e. The SMILES string of the molecule is O=C1C=[SH]CC1. The zero-order valence-corrected chi connectivity index (χ0v) is 4.24. The third-order valence-corrected chi connectivity index (χ3v) is 1.67. The summed E-state index contributed by atoms with van der Waals surface area (Å²) in [4.78, 5) is 10.2. The Morgan fingerprint density at radius 2 is 2.67 bits per heavy atom. The molecule has 0 bridgehead atoms. The van der Waals surface area contributed by atoms with Crippen molar-refractivity contribution in [2.45, 2.75) is 6.42 Å². The van der Waals surface area contributed by atoms with E-state index in [1.165, 1.54) is 11.4 Å². The van der Waals surface area contributed by atoms with Gasteiger partial charge >= 0.3 is 0 Å². The summed E-state index contributed by atoms with van der Waals surface area (Å²) in [5, 5.41) is 1.74. The lowest BCUT2D eigenvalue weighted by atomic mass is 10.4. The fourth-order valence-electron chi connectivity index (χ4n) is 0.406. The first-order valence-corrected chi connectivity index (χ1v) is 3.07. The van der Waals surface area contributed by atoms with Gasteiger partial charge in [0.1, 0.15) is 0 Å². The normalized spacial score (nSPS) is 21.0. The molecule has 6 heavy (non-hydrogen) atoms. The van der Waals surface area contributed by atoms with E-state index in [0.717, 1.165) is 12.2 Å². The zero-order chi connectivity index (χ0) is 4.41. The second kappa shape index (κ2) is 1.56. The highest BCUT2D eigenvalue weighted by Gasteiger charge is 1.98. The van der Waals surface area contributed by atoms with Gasteiger partial charge in [0.2, 0.25) is 0 Å². The Bertz CT molecular complexity index is 95.7. The minimum atomic E-state index is 0.316. The molecule has 0 saturated carbocycles. The molecule has 34 valence electrons. The van der Waals surface area contributed by atoms with Gasteiger partial charge < -0.3 is 0 Å². The van der Waals surface area contributed by atoms with E-state index in [-0.39, 0.29) is 0 Å². The number of ketones is 1. The number of carbonyl (C=O) groups excluding carboxylic acids is 1. The third-order valence-electron chi connectivity index (χ3n) is 0.723. The number of rotatable bonds is 0. The molecule has 0 aliphatic carbocycles. The highest BCUT2D eigenvalue weighted by molar-refractivity contribution is 7.99. The fourth-order valence-corrected chi connectivity index (χ4v) is 1.22. The minimum absolute atomic E-state index is 0.316. The molecule has 0 amide bonds. The van der Waals surface area contributed by atoms with E-state index in [1.807, 2.05) is 0 Å². The Hall–Kier alpha value is -0.110. The molecular weight excluding hydrogens is 96.1 g/mol. The van der Waals surface area contributed by atoms with Crippen molar-refractivity contribution in [2.24, 2.45) is 0 Å². The van der Waals surface area contributed by atoms with Crippen molar-refractivity contribution >= 4 is 22.5 Å². The molecule has 0 aromatic rings. The molecule has 0 unspecified atom stereocenters. The summed E-state index contributed by atoms with van der Waals surface area (Å²) >= 11 is 1.21. The molecule has 0 aromatic carbocycles. The van der Waals surface area contributed by atoms with Crippen LogP contribution in [-0.2, 0) is 4.79 Å². The first-order chi connectivity index (χ1) is 2.89. The number of thiol groups is 1. The summed E-state index contributed by atoms with van der Waals surface area (Å²) in [5.41, 5.74) is 0. The molecule has 1 aliphatic rings. The first kappa shape index (κ1) is 4.06. The van der Waals surface area contributed by atoms with Crippen molar-refractivity contribution < 1.29 is 4.79 Å². The van der Waals surface area contributed by atoms with Crippen LogP contribution in [0.3, 0.4) is 0 Å². The lowest BCUT2D eigenvalue weighted by Crippen LogP contribution is -1.89. The van der Waals surface area contributed by atoms with E-state index in [0.29, 0.717) is 5.78 Å². The highest BCUT2D eigenvalue weighted by atomic mass is 32.1. The lowest BCUT2D eigenvalue weighted by Gasteiger charge is -1.70. The van der Waals surface area contributed by atoms with Crippen molar-refractivity contribution in [3.05, 3.63) is 0 Å². The van der Waals surface area contributed by atoms with Gasteiger partial charge in [0.15, 0.2) is 5.78 Å². The van der Waals surface area contributed by atoms with Crippen LogP contribution in [0.2, 0.25) is 0 Å². The predicted octanol–water partition coefficient (Wildman–Crippen LogP) is 0.227. The van der Waals surface area contributed by atoms with Crippen molar-refractivity contribution in [2.75, 3.05) is 5.75 Å². The highest BCUT2D eigenvalue weighted by Crippen LogP contribution is 1.98. The van der Waals surface area contributed by atoms with Crippen LogP contribution < -0.4 is 0 Å². The van der Waals surface area contributed by atoms with Crippen LogP contribution in [0.25, 0.3) is 0 Å². The molecule has 0 aromatic heterocycles. The van der Waals surface area contributed by atoms with Gasteiger partial charge in [-0.25, -0.2) is 0 Å². The summed E-state index contributed by atoms with van der Waals surface area (Å²) in [6.07, 6.45) is 0.779. The Labute approximate surface area is 40.3 Å². The largest absolute Gasteiger partial charge is 0.294 e. The third kappa shape index (κ3) is 0.684. The van der Waals surface area contributed by atoms with Gasteiger partial charge in [0, 0.05) is 11.8 Å². The second-order valence-corrected chi connectivity index (χ2v) is 2.32. The molecular formula is C4H6OS. The molecule has 0 fully saturated rings. The van der Waals surface area contributed by atoms with Gasteiger partial charge in [-0.05, 0) is 5.75 Å². The van der Waals surface area contributed by atoms with Gasteiger partial charge in [-0.3, -0.25) is 4.79 Å². The van der Waals surface area contributed by atoms with Crippen LogP contribution in [0.15, 0.2) is 0 Å². The smallest absolute Gasteiger partial charge is 0.161 e. The fraction of sp³-hybridized carbons (Fsp3) is 0.500. The van der Waals surface area contributed by atoms with Crippen LogP contribution >= 0.6 is 11.4 Å². The van der Waals surface area contributed by atoms with Crippen LogP contribution in [0, 0.1) is 0 Å². The van der Waals surface area contributed by atoms with Crippen molar-refractivity contribution in [1.82, 2.24) is 0 Å². The Balaban J connectivity index is 2.59. The number of carbonyl (C=O) groups is 1.